The van der Waals surface area contributed by atoms with Gasteiger partial charge in [0.1, 0.15) is 0 Å². The van der Waals surface area contributed by atoms with Gasteiger partial charge in [-0.25, -0.2) is 0 Å². The summed E-state index contributed by atoms with van der Waals surface area (Å²) in [5, 5.41) is 3.57. The molecule has 1 saturated heterocycles. The van der Waals surface area contributed by atoms with E-state index in [9.17, 15) is 0 Å². The molecule has 0 amide bonds. The highest BCUT2D eigenvalue weighted by atomic mass is 15.2. The fourth-order valence-corrected chi connectivity index (χ4v) is 2.52. The Morgan fingerprint density at radius 1 is 1.24 bits per heavy atom. The van der Waals surface area contributed by atoms with Gasteiger partial charge in [0.2, 0.25) is 0 Å². The molecular weight excluding hydrogens is 208 g/mol. The van der Waals surface area contributed by atoms with Crippen molar-refractivity contribution < 1.29 is 0 Å². The van der Waals surface area contributed by atoms with Crippen LogP contribution in [0, 0.1) is 6.92 Å². The van der Waals surface area contributed by atoms with Gasteiger partial charge in [-0.05, 0) is 52.8 Å². The number of nitrogens with one attached hydrogen (secondary N) is 1. The van der Waals surface area contributed by atoms with Crippen molar-refractivity contribution in [2.24, 2.45) is 0 Å². The van der Waals surface area contributed by atoms with E-state index in [1.165, 1.54) is 17.7 Å². The van der Waals surface area contributed by atoms with Gasteiger partial charge < -0.3 is 10.2 Å². The molecule has 2 heteroatoms. The summed E-state index contributed by atoms with van der Waals surface area (Å²) in [6, 6.07) is 9.45. The summed E-state index contributed by atoms with van der Waals surface area (Å²) in [7, 11) is 0. The van der Waals surface area contributed by atoms with Gasteiger partial charge in [0.15, 0.2) is 0 Å². The molecule has 0 aliphatic carbocycles. The van der Waals surface area contributed by atoms with E-state index in [0.29, 0.717) is 6.04 Å². The molecule has 0 bridgehead atoms. The molecule has 2 nitrogen and oxygen atoms in total. The van der Waals surface area contributed by atoms with Crippen LogP contribution in [-0.2, 0) is 0 Å². The van der Waals surface area contributed by atoms with Crippen molar-refractivity contribution in [1.29, 1.82) is 0 Å². The Labute approximate surface area is 105 Å². The van der Waals surface area contributed by atoms with E-state index in [1.54, 1.807) is 0 Å². The fourth-order valence-electron chi connectivity index (χ4n) is 2.52. The van der Waals surface area contributed by atoms with Crippen LogP contribution >= 0.6 is 0 Å². The summed E-state index contributed by atoms with van der Waals surface area (Å²) in [5.41, 5.74) is 2.90. The van der Waals surface area contributed by atoms with E-state index in [0.717, 1.165) is 13.1 Å². The molecule has 94 valence electrons. The van der Waals surface area contributed by atoms with Crippen LogP contribution in [0.2, 0.25) is 0 Å². The quantitative estimate of drug-likeness (QED) is 0.801. The Morgan fingerprint density at radius 3 is 2.53 bits per heavy atom. The molecule has 0 saturated carbocycles. The molecule has 1 atom stereocenters. The highest BCUT2D eigenvalue weighted by molar-refractivity contribution is 5.50. The zero-order valence-electron chi connectivity index (χ0n) is 11.5. The van der Waals surface area contributed by atoms with E-state index in [1.807, 2.05) is 0 Å². The number of hydrogen-bond acceptors (Lipinski definition) is 2. The zero-order chi connectivity index (χ0) is 12.5. The standard InChI is InChI=1S/C15H24N2/c1-12-5-7-14(8-6-12)17-11-13(2)16-10-9-15(17,3)4/h5-8,13,16H,9-11H2,1-4H3. The van der Waals surface area contributed by atoms with E-state index in [-0.39, 0.29) is 5.54 Å². The smallest absolute Gasteiger partial charge is 0.0371 e. The third-order valence-corrected chi connectivity index (χ3v) is 3.76. The van der Waals surface area contributed by atoms with Crippen molar-refractivity contribution in [3.63, 3.8) is 0 Å². The number of aryl methyl sites for hydroxylation is 1. The summed E-state index contributed by atoms with van der Waals surface area (Å²) in [4.78, 5) is 2.54. The summed E-state index contributed by atoms with van der Waals surface area (Å²) < 4.78 is 0. The van der Waals surface area contributed by atoms with Crippen molar-refractivity contribution in [3.8, 4) is 0 Å². The second-order valence-electron chi connectivity index (χ2n) is 5.86. The lowest BCUT2D eigenvalue weighted by molar-refractivity contribution is 0.453. The van der Waals surface area contributed by atoms with Gasteiger partial charge in [-0.2, -0.15) is 0 Å². The fraction of sp³-hybridized carbons (Fsp3) is 0.600. The Morgan fingerprint density at radius 2 is 1.88 bits per heavy atom. The summed E-state index contributed by atoms with van der Waals surface area (Å²) in [6.45, 7) is 11.3. The first kappa shape index (κ1) is 12.4. The van der Waals surface area contributed by atoms with E-state index in [4.69, 9.17) is 0 Å². The summed E-state index contributed by atoms with van der Waals surface area (Å²) >= 11 is 0. The number of rotatable bonds is 1. The lowest BCUT2D eigenvalue weighted by atomic mass is 9.97. The molecule has 1 fully saturated rings. The minimum atomic E-state index is 0.229. The average Bonchev–Trinajstić information content (AvgIpc) is 2.39. The van der Waals surface area contributed by atoms with Gasteiger partial charge in [-0.1, -0.05) is 17.7 Å². The molecule has 1 aliphatic heterocycles. The second kappa shape index (κ2) is 4.69. The highest BCUT2D eigenvalue weighted by Gasteiger charge is 2.30. The molecule has 1 N–H and O–H groups in total. The molecule has 1 unspecified atom stereocenters. The highest BCUT2D eigenvalue weighted by Crippen LogP contribution is 2.28. The average molecular weight is 232 g/mol. The molecule has 1 aromatic rings. The first-order valence-electron chi connectivity index (χ1n) is 6.57. The van der Waals surface area contributed by atoms with Crippen LogP contribution in [0.5, 0.6) is 0 Å². The lowest BCUT2D eigenvalue weighted by Crippen LogP contribution is -2.46. The predicted octanol–water partition coefficient (Wildman–Crippen LogP) is 2.96. The van der Waals surface area contributed by atoms with Crippen molar-refractivity contribution in [3.05, 3.63) is 29.8 Å². The molecule has 17 heavy (non-hydrogen) atoms. The van der Waals surface area contributed by atoms with E-state index < -0.39 is 0 Å². The van der Waals surface area contributed by atoms with Crippen LogP contribution in [0.25, 0.3) is 0 Å². The minimum absolute atomic E-state index is 0.229. The van der Waals surface area contributed by atoms with Gasteiger partial charge >= 0.3 is 0 Å². The van der Waals surface area contributed by atoms with Crippen molar-refractivity contribution in [2.45, 2.75) is 45.7 Å². The molecule has 0 spiro atoms. The van der Waals surface area contributed by atoms with Crippen LogP contribution in [0.15, 0.2) is 24.3 Å². The minimum Gasteiger partial charge on any atom is -0.365 e. The summed E-state index contributed by atoms with van der Waals surface area (Å²) in [6.07, 6.45) is 1.19. The molecule has 1 aromatic carbocycles. The Balaban J connectivity index is 2.29. The van der Waals surface area contributed by atoms with E-state index in [2.05, 4.69) is 62.2 Å². The molecule has 0 radical (unpaired) electrons. The Bertz CT molecular complexity index is 367. The number of nitrogens with zero attached hydrogens (tertiary/aromatic N) is 1. The third-order valence-electron chi connectivity index (χ3n) is 3.76. The van der Waals surface area contributed by atoms with Crippen LogP contribution in [0.1, 0.15) is 32.8 Å². The molecule has 1 aliphatic rings. The topological polar surface area (TPSA) is 15.3 Å². The van der Waals surface area contributed by atoms with Gasteiger partial charge in [-0.15, -0.1) is 0 Å². The monoisotopic (exact) mass is 232 g/mol. The maximum atomic E-state index is 3.57. The van der Waals surface area contributed by atoms with Gasteiger partial charge in [0, 0.05) is 23.8 Å². The van der Waals surface area contributed by atoms with Crippen LogP contribution in [-0.4, -0.2) is 24.7 Å². The van der Waals surface area contributed by atoms with E-state index >= 15 is 0 Å². The van der Waals surface area contributed by atoms with Gasteiger partial charge in [0.05, 0.1) is 0 Å². The van der Waals surface area contributed by atoms with Crippen LogP contribution < -0.4 is 10.2 Å². The molecule has 0 aromatic heterocycles. The largest absolute Gasteiger partial charge is 0.365 e. The summed E-state index contributed by atoms with van der Waals surface area (Å²) in [5.74, 6) is 0. The first-order chi connectivity index (χ1) is 7.99. The lowest BCUT2D eigenvalue weighted by Gasteiger charge is -2.39. The molecule has 1 heterocycles. The SMILES string of the molecule is Cc1ccc(N2CC(C)NCCC2(C)C)cc1. The van der Waals surface area contributed by atoms with Crippen LogP contribution in [0.3, 0.4) is 0 Å². The second-order valence-corrected chi connectivity index (χ2v) is 5.86. The van der Waals surface area contributed by atoms with Gasteiger partial charge in [-0.3, -0.25) is 0 Å². The van der Waals surface area contributed by atoms with Crippen molar-refractivity contribution in [1.82, 2.24) is 5.32 Å². The normalized spacial score (nSPS) is 24.5. The molecular formula is C15H24N2. The first-order valence-corrected chi connectivity index (χ1v) is 6.57. The predicted molar refractivity (Wildman–Crippen MR) is 74.7 cm³/mol. The number of hydrogen-bond donors (Lipinski definition) is 1. The maximum Gasteiger partial charge on any atom is 0.0371 e. The van der Waals surface area contributed by atoms with Crippen LogP contribution in [0.4, 0.5) is 5.69 Å². The Kier molecular flexibility index (Phi) is 3.43. The Hall–Kier alpha value is -1.02. The van der Waals surface area contributed by atoms with Crippen molar-refractivity contribution in [2.75, 3.05) is 18.0 Å². The zero-order valence-corrected chi connectivity index (χ0v) is 11.5. The number of benzene rings is 1. The third kappa shape index (κ3) is 2.81. The number of anilines is 1. The van der Waals surface area contributed by atoms with Gasteiger partial charge in [0.25, 0.3) is 0 Å². The maximum absolute atomic E-state index is 3.57. The molecule has 2 rings (SSSR count). The van der Waals surface area contributed by atoms with Crippen molar-refractivity contribution >= 4 is 5.69 Å².